The summed E-state index contributed by atoms with van der Waals surface area (Å²) in [6, 6.07) is 1.88. The van der Waals surface area contributed by atoms with Crippen LogP contribution in [0.3, 0.4) is 0 Å². The topological polar surface area (TPSA) is 45.5 Å². The maximum absolute atomic E-state index is 12.5. The van der Waals surface area contributed by atoms with Gasteiger partial charge in [-0.2, -0.15) is 0 Å². The molecular weight excluding hydrogens is 308 g/mol. The maximum Gasteiger partial charge on any atom is 0.270 e. The summed E-state index contributed by atoms with van der Waals surface area (Å²) in [4.78, 5) is 14.4. The molecule has 1 fully saturated rings. The molecule has 0 aliphatic carbocycles. The lowest BCUT2D eigenvalue weighted by Crippen LogP contribution is -2.45. The van der Waals surface area contributed by atoms with Gasteiger partial charge >= 0.3 is 0 Å². The summed E-state index contributed by atoms with van der Waals surface area (Å²) in [5.41, 5.74) is 0.109. The predicted molar refractivity (Wildman–Crippen MR) is 78.2 cm³/mol. The Morgan fingerprint density at radius 2 is 2.11 bits per heavy atom. The fourth-order valence-electron chi connectivity index (χ4n) is 2.43. The van der Waals surface area contributed by atoms with Gasteiger partial charge in [-0.1, -0.05) is 6.92 Å². The smallest absolute Gasteiger partial charge is 0.270 e. The lowest BCUT2D eigenvalue weighted by atomic mass is 9.94. The summed E-state index contributed by atoms with van der Waals surface area (Å²) in [5.74, 6) is 0.0645. The van der Waals surface area contributed by atoms with E-state index < -0.39 is 5.60 Å². The number of aromatic nitrogens is 1. The van der Waals surface area contributed by atoms with Crippen LogP contribution in [0.4, 0.5) is 0 Å². The van der Waals surface area contributed by atoms with Gasteiger partial charge < -0.3 is 14.6 Å². The van der Waals surface area contributed by atoms with E-state index in [4.69, 9.17) is 0 Å². The molecule has 1 N–H and O–H groups in total. The number of hydrogen-bond donors (Lipinski definition) is 1. The van der Waals surface area contributed by atoms with E-state index in [0.29, 0.717) is 25.9 Å². The van der Waals surface area contributed by atoms with Crippen LogP contribution in [0.15, 0.2) is 16.7 Å². The van der Waals surface area contributed by atoms with Gasteiger partial charge in [0, 0.05) is 30.3 Å². The minimum Gasteiger partial charge on any atom is -0.390 e. The average molecular weight is 329 g/mol. The Labute approximate surface area is 122 Å². The molecule has 0 saturated carbocycles. The summed E-state index contributed by atoms with van der Waals surface area (Å²) in [7, 11) is 0. The number of aryl methyl sites for hydroxylation is 1. The number of halogens is 1. The van der Waals surface area contributed by atoms with E-state index >= 15 is 0 Å². The van der Waals surface area contributed by atoms with Gasteiger partial charge in [0.05, 0.1) is 5.60 Å². The molecule has 1 saturated heterocycles. The number of nitrogens with zero attached hydrogens (tertiary/aromatic N) is 2. The Bertz CT molecular complexity index is 458. The molecule has 0 bridgehead atoms. The first-order valence-electron chi connectivity index (χ1n) is 6.80. The normalized spacial score (nSPS) is 18.6. The average Bonchev–Trinajstić information content (AvgIpc) is 2.70. The molecule has 2 heterocycles. The predicted octanol–water partition coefficient (Wildman–Crippen LogP) is 2.65. The molecule has 1 amide bonds. The third-order valence-electron chi connectivity index (χ3n) is 3.67. The van der Waals surface area contributed by atoms with Crippen LogP contribution in [-0.4, -0.2) is 39.2 Å². The van der Waals surface area contributed by atoms with Crippen LogP contribution in [0.1, 0.15) is 43.6 Å². The molecule has 0 spiro atoms. The minimum atomic E-state index is -0.622. The first kappa shape index (κ1) is 14.6. The van der Waals surface area contributed by atoms with Crippen LogP contribution in [-0.2, 0) is 6.54 Å². The lowest BCUT2D eigenvalue weighted by Gasteiger charge is -2.35. The number of rotatable bonds is 3. The fraction of sp³-hybridized carbons (Fsp3) is 0.643. The number of aliphatic hydroxyl groups is 1. The highest BCUT2D eigenvalue weighted by atomic mass is 79.9. The van der Waals surface area contributed by atoms with Crippen LogP contribution in [0.25, 0.3) is 0 Å². The summed E-state index contributed by atoms with van der Waals surface area (Å²) < 4.78 is 2.94. The molecule has 0 radical (unpaired) electrons. The standard InChI is InChI=1S/C14H21BrN2O2/c1-3-6-17-10-11(15)9-12(17)13(18)16-7-4-14(2,19)5-8-16/h9-10,19H,3-8H2,1-2H3. The van der Waals surface area contributed by atoms with Crippen LogP contribution in [0.5, 0.6) is 0 Å². The molecule has 1 aromatic heterocycles. The Morgan fingerprint density at radius 3 is 2.68 bits per heavy atom. The number of carbonyl (C=O) groups is 1. The Morgan fingerprint density at radius 1 is 1.47 bits per heavy atom. The summed E-state index contributed by atoms with van der Waals surface area (Å²) in [6.45, 7) is 6.03. The molecule has 0 atom stereocenters. The lowest BCUT2D eigenvalue weighted by molar-refractivity contribution is -0.00231. The number of likely N-dealkylation sites (tertiary alicyclic amines) is 1. The van der Waals surface area contributed by atoms with Crippen molar-refractivity contribution < 1.29 is 9.90 Å². The molecule has 19 heavy (non-hydrogen) atoms. The number of amides is 1. The largest absolute Gasteiger partial charge is 0.390 e. The van der Waals surface area contributed by atoms with E-state index in [1.54, 1.807) is 0 Å². The van der Waals surface area contributed by atoms with Gasteiger partial charge in [0.2, 0.25) is 0 Å². The molecular formula is C14H21BrN2O2. The second-order valence-corrected chi connectivity index (χ2v) is 6.44. The zero-order chi connectivity index (χ0) is 14.0. The highest BCUT2D eigenvalue weighted by Gasteiger charge is 2.30. The second kappa shape index (κ2) is 5.67. The van der Waals surface area contributed by atoms with Crippen molar-refractivity contribution in [3.63, 3.8) is 0 Å². The van der Waals surface area contributed by atoms with Gasteiger partial charge in [-0.05, 0) is 48.2 Å². The Hall–Kier alpha value is -0.810. The summed E-state index contributed by atoms with van der Waals surface area (Å²) >= 11 is 3.43. The van der Waals surface area contributed by atoms with Crippen molar-refractivity contribution >= 4 is 21.8 Å². The molecule has 0 aromatic carbocycles. The van der Waals surface area contributed by atoms with E-state index in [9.17, 15) is 9.90 Å². The van der Waals surface area contributed by atoms with Crippen LogP contribution >= 0.6 is 15.9 Å². The van der Waals surface area contributed by atoms with E-state index in [2.05, 4.69) is 22.9 Å². The van der Waals surface area contributed by atoms with Gasteiger partial charge in [0.15, 0.2) is 0 Å². The van der Waals surface area contributed by atoms with Crippen LogP contribution in [0.2, 0.25) is 0 Å². The van der Waals surface area contributed by atoms with Crippen molar-refractivity contribution in [3.05, 3.63) is 22.4 Å². The van der Waals surface area contributed by atoms with Gasteiger partial charge in [0.25, 0.3) is 5.91 Å². The zero-order valence-corrected chi connectivity index (χ0v) is 13.1. The SMILES string of the molecule is CCCn1cc(Br)cc1C(=O)N1CCC(C)(O)CC1. The van der Waals surface area contributed by atoms with Gasteiger partial charge in [0.1, 0.15) is 5.69 Å². The molecule has 1 aliphatic heterocycles. The number of carbonyl (C=O) groups excluding carboxylic acids is 1. The van der Waals surface area contributed by atoms with Crippen molar-refractivity contribution in [2.45, 2.75) is 45.3 Å². The molecule has 0 unspecified atom stereocenters. The molecule has 4 nitrogen and oxygen atoms in total. The first-order valence-corrected chi connectivity index (χ1v) is 7.59. The van der Waals surface area contributed by atoms with Crippen molar-refractivity contribution in [3.8, 4) is 0 Å². The van der Waals surface area contributed by atoms with E-state index in [-0.39, 0.29) is 5.91 Å². The fourth-order valence-corrected chi connectivity index (χ4v) is 2.90. The molecule has 2 rings (SSSR count). The minimum absolute atomic E-state index is 0.0645. The number of hydrogen-bond acceptors (Lipinski definition) is 2. The van der Waals surface area contributed by atoms with E-state index in [0.717, 1.165) is 23.1 Å². The first-order chi connectivity index (χ1) is 8.93. The van der Waals surface area contributed by atoms with Gasteiger partial charge in [-0.25, -0.2) is 0 Å². The monoisotopic (exact) mass is 328 g/mol. The van der Waals surface area contributed by atoms with Crippen molar-refractivity contribution in [1.29, 1.82) is 0 Å². The Balaban J connectivity index is 2.12. The van der Waals surface area contributed by atoms with Gasteiger partial charge in [-0.15, -0.1) is 0 Å². The molecule has 1 aromatic rings. The second-order valence-electron chi connectivity index (χ2n) is 5.53. The molecule has 1 aliphatic rings. The van der Waals surface area contributed by atoms with Crippen molar-refractivity contribution in [2.24, 2.45) is 0 Å². The molecule has 5 heteroatoms. The van der Waals surface area contributed by atoms with E-state index in [1.165, 1.54) is 0 Å². The summed E-state index contributed by atoms with van der Waals surface area (Å²) in [5, 5.41) is 9.94. The Kier molecular flexibility index (Phi) is 4.36. The molecule has 106 valence electrons. The summed E-state index contributed by atoms with van der Waals surface area (Å²) in [6.07, 6.45) is 4.25. The highest BCUT2D eigenvalue weighted by molar-refractivity contribution is 9.10. The third kappa shape index (κ3) is 3.39. The van der Waals surface area contributed by atoms with Crippen LogP contribution < -0.4 is 0 Å². The highest BCUT2D eigenvalue weighted by Crippen LogP contribution is 2.24. The third-order valence-corrected chi connectivity index (χ3v) is 4.11. The maximum atomic E-state index is 12.5. The zero-order valence-electron chi connectivity index (χ0n) is 11.5. The van der Waals surface area contributed by atoms with Gasteiger partial charge in [-0.3, -0.25) is 4.79 Å². The van der Waals surface area contributed by atoms with E-state index in [1.807, 2.05) is 28.7 Å². The van der Waals surface area contributed by atoms with Crippen LogP contribution in [0, 0.1) is 0 Å². The number of piperidine rings is 1. The quantitative estimate of drug-likeness (QED) is 0.927. The van der Waals surface area contributed by atoms with Crippen molar-refractivity contribution in [1.82, 2.24) is 9.47 Å². The van der Waals surface area contributed by atoms with Crippen molar-refractivity contribution in [2.75, 3.05) is 13.1 Å².